The van der Waals surface area contributed by atoms with E-state index in [1.54, 1.807) is 13.0 Å². The standard InChI is InChI=1S/C7H9NO3S2/c1-4-2-5(12)7(8)6(3-4)13(9,10)11/h2-3,12H,8H2,1H3,(H,9,10,11). The van der Waals surface area contributed by atoms with Gasteiger partial charge in [-0.2, -0.15) is 8.42 Å². The molecule has 13 heavy (non-hydrogen) atoms. The Morgan fingerprint density at radius 2 is 2.00 bits per heavy atom. The molecule has 1 aromatic rings. The van der Waals surface area contributed by atoms with Crippen LogP contribution < -0.4 is 5.73 Å². The van der Waals surface area contributed by atoms with Crippen molar-refractivity contribution in [2.24, 2.45) is 0 Å². The average molecular weight is 219 g/mol. The summed E-state index contributed by atoms with van der Waals surface area (Å²) >= 11 is 3.97. The van der Waals surface area contributed by atoms with E-state index in [4.69, 9.17) is 10.3 Å². The van der Waals surface area contributed by atoms with Gasteiger partial charge in [-0.15, -0.1) is 12.6 Å². The van der Waals surface area contributed by atoms with E-state index in [0.29, 0.717) is 10.5 Å². The van der Waals surface area contributed by atoms with Gasteiger partial charge in [-0.1, -0.05) is 0 Å². The van der Waals surface area contributed by atoms with E-state index < -0.39 is 10.1 Å². The maximum absolute atomic E-state index is 10.8. The van der Waals surface area contributed by atoms with Crippen LogP contribution in [-0.4, -0.2) is 13.0 Å². The summed E-state index contributed by atoms with van der Waals surface area (Å²) in [4.78, 5) is 0.0464. The molecule has 0 fully saturated rings. The maximum atomic E-state index is 10.8. The second-order valence-corrected chi connectivity index (χ2v) is 4.54. The summed E-state index contributed by atoms with van der Waals surface area (Å²) in [5.41, 5.74) is 6.06. The van der Waals surface area contributed by atoms with E-state index >= 15 is 0 Å². The molecule has 0 aliphatic rings. The smallest absolute Gasteiger partial charge is 0.296 e. The van der Waals surface area contributed by atoms with Gasteiger partial charge in [-0.3, -0.25) is 4.55 Å². The number of hydrogen-bond acceptors (Lipinski definition) is 4. The Labute approximate surface area is 81.9 Å². The number of hydrogen-bond donors (Lipinski definition) is 3. The van der Waals surface area contributed by atoms with Crippen LogP contribution in [0.5, 0.6) is 0 Å². The molecular formula is C7H9NO3S2. The lowest BCUT2D eigenvalue weighted by Gasteiger charge is -2.06. The van der Waals surface area contributed by atoms with Gasteiger partial charge in [0.15, 0.2) is 0 Å². The van der Waals surface area contributed by atoms with Crippen LogP contribution in [0.25, 0.3) is 0 Å². The highest BCUT2D eigenvalue weighted by molar-refractivity contribution is 7.86. The lowest BCUT2D eigenvalue weighted by Crippen LogP contribution is -2.04. The molecule has 0 aliphatic heterocycles. The highest BCUT2D eigenvalue weighted by Gasteiger charge is 2.15. The molecule has 0 unspecified atom stereocenters. The van der Waals surface area contributed by atoms with Crippen molar-refractivity contribution in [3.8, 4) is 0 Å². The zero-order valence-electron chi connectivity index (χ0n) is 6.85. The monoisotopic (exact) mass is 219 g/mol. The van der Waals surface area contributed by atoms with Crippen LogP contribution in [0.3, 0.4) is 0 Å². The quantitative estimate of drug-likeness (QED) is 0.375. The Hall–Kier alpha value is -0.720. The van der Waals surface area contributed by atoms with Crippen molar-refractivity contribution in [3.63, 3.8) is 0 Å². The molecule has 0 saturated carbocycles. The normalized spacial score (nSPS) is 11.6. The van der Waals surface area contributed by atoms with Gasteiger partial charge >= 0.3 is 0 Å². The van der Waals surface area contributed by atoms with E-state index in [1.165, 1.54) is 6.07 Å². The van der Waals surface area contributed by atoms with Crippen molar-refractivity contribution in [2.75, 3.05) is 5.73 Å². The van der Waals surface area contributed by atoms with Gasteiger partial charge in [0.2, 0.25) is 0 Å². The molecular weight excluding hydrogens is 210 g/mol. The van der Waals surface area contributed by atoms with Crippen molar-refractivity contribution in [2.45, 2.75) is 16.7 Å². The second kappa shape index (κ2) is 3.21. The Bertz CT molecular complexity index is 439. The van der Waals surface area contributed by atoms with Crippen LogP contribution in [0, 0.1) is 6.92 Å². The molecule has 1 aromatic carbocycles. The van der Waals surface area contributed by atoms with E-state index in [9.17, 15) is 8.42 Å². The molecule has 0 spiro atoms. The third-order valence-electron chi connectivity index (χ3n) is 1.54. The van der Waals surface area contributed by atoms with Gasteiger partial charge in [0.25, 0.3) is 10.1 Å². The number of nitrogen functional groups attached to an aromatic ring is 1. The Kier molecular flexibility index (Phi) is 2.56. The first-order chi connectivity index (χ1) is 5.82. The molecule has 0 bridgehead atoms. The third kappa shape index (κ3) is 2.15. The van der Waals surface area contributed by atoms with E-state index in [-0.39, 0.29) is 10.6 Å². The summed E-state index contributed by atoms with van der Waals surface area (Å²) < 4.78 is 30.4. The molecule has 0 radical (unpaired) electrons. The number of benzene rings is 1. The van der Waals surface area contributed by atoms with Crippen LogP contribution in [0.1, 0.15) is 5.56 Å². The fraction of sp³-hybridized carbons (Fsp3) is 0.143. The molecule has 0 atom stereocenters. The Balaban J connectivity index is 3.56. The molecule has 3 N–H and O–H groups in total. The van der Waals surface area contributed by atoms with Crippen molar-refractivity contribution >= 4 is 28.4 Å². The predicted molar refractivity (Wildman–Crippen MR) is 52.7 cm³/mol. The molecule has 0 aliphatic carbocycles. The Morgan fingerprint density at radius 3 is 2.46 bits per heavy atom. The summed E-state index contributed by atoms with van der Waals surface area (Å²) in [6.45, 7) is 1.69. The van der Waals surface area contributed by atoms with Crippen molar-refractivity contribution in [1.82, 2.24) is 0 Å². The second-order valence-electron chi connectivity index (χ2n) is 2.67. The van der Waals surface area contributed by atoms with Gasteiger partial charge in [0, 0.05) is 4.90 Å². The molecule has 4 nitrogen and oxygen atoms in total. The number of anilines is 1. The van der Waals surface area contributed by atoms with E-state index in [2.05, 4.69) is 12.6 Å². The van der Waals surface area contributed by atoms with Crippen molar-refractivity contribution < 1.29 is 13.0 Å². The number of rotatable bonds is 1. The molecule has 0 aromatic heterocycles. The molecule has 0 saturated heterocycles. The van der Waals surface area contributed by atoms with Gasteiger partial charge in [0.05, 0.1) is 5.69 Å². The highest BCUT2D eigenvalue weighted by Crippen LogP contribution is 2.26. The van der Waals surface area contributed by atoms with E-state index in [0.717, 1.165) is 0 Å². The topological polar surface area (TPSA) is 80.4 Å². The van der Waals surface area contributed by atoms with Crippen molar-refractivity contribution in [3.05, 3.63) is 17.7 Å². The minimum atomic E-state index is -4.25. The molecule has 6 heteroatoms. The summed E-state index contributed by atoms with van der Waals surface area (Å²) in [5.74, 6) is 0. The number of nitrogens with two attached hydrogens (primary N) is 1. The molecule has 0 heterocycles. The fourth-order valence-electron chi connectivity index (χ4n) is 0.959. The molecule has 72 valence electrons. The third-order valence-corrected chi connectivity index (χ3v) is 2.81. The predicted octanol–water partition coefficient (Wildman–Crippen LogP) is 1.11. The first kappa shape index (κ1) is 10.4. The summed E-state index contributed by atoms with van der Waals surface area (Å²) in [6, 6.07) is 2.91. The van der Waals surface area contributed by atoms with Gasteiger partial charge in [-0.25, -0.2) is 0 Å². The van der Waals surface area contributed by atoms with Crippen molar-refractivity contribution in [1.29, 1.82) is 0 Å². The summed E-state index contributed by atoms with van der Waals surface area (Å²) in [6.07, 6.45) is 0. The summed E-state index contributed by atoms with van der Waals surface area (Å²) in [7, 11) is -4.25. The van der Waals surface area contributed by atoms with Crippen LogP contribution in [0.2, 0.25) is 0 Å². The fourth-order valence-corrected chi connectivity index (χ4v) is 2.08. The minimum absolute atomic E-state index is 0.0311. The lowest BCUT2D eigenvalue weighted by molar-refractivity contribution is 0.483. The number of aryl methyl sites for hydroxylation is 1. The highest BCUT2D eigenvalue weighted by atomic mass is 32.2. The lowest BCUT2D eigenvalue weighted by atomic mass is 10.2. The van der Waals surface area contributed by atoms with Gasteiger partial charge in [-0.05, 0) is 24.6 Å². The average Bonchev–Trinajstić information content (AvgIpc) is 1.94. The minimum Gasteiger partial charge on any atom is -0.397 e. The summed E-state index contributed by atoms with van der Waals surface area (Å²) in [5, 5.41) is 0. The largest absolute Gasteiger partial charge is 0.397 e. The zero-order chi connectivity index (χ0) is 10.2. The Morgan fingerprint density at radius 1 is 1.46 bits per heavy atom. The first-order valence-corrected chi connectivity index (χ1v) is 5.27. The molecule has 0 amide bonds. The van der Waals surface area contributed by atoms with Crippen LogP contribution in [0.15, 0.2) is 21.9 Å². The number of thiol groups is 1. The zero-order valence-corrected chi connectivity index (χ0v) is 8.56. The first-order valence-electron chi connectivity index (χ1n) is 3.39. The molecule has 1 rings (SSSR count). The van der Waals surface area contributed by atoms with E-state index in [1.807, 2.05) is 0 Å². The SMILES string of the molecule is Cc1cc(S)c(N)c(S(=O)(=O)O)c1. The van der Waals surface area contributed by atoms with Crippen LogP contribution in [0.4, 0.5) is 5.69 Å². The van der Waals surface area contributed by atoms with Gasteiger partial charge < -0.3 is 5.73 Å². The maximum Gasteiger partial charge on any atom is 0.296 e. The van der Waals surface area contributed by atoms with Crippen LogP contribution >= 0.6 is 12.6 Å². The van der Waals surface area contributed by atoms with Gasteiger partial charge in [0.1, 0.15) is 4.90 Å². The van der Waals surface area contributed by atoms with Crippen LogP contribution in [-0.2, 0) is 10.1 Å².